The third kappa shape index (κ3) is 6.15. The Hall–Kier alpha value is 0.0300. The lowest BCUT2D eigenvalue weighted by Crippen LogP contribution is -1.96. The summed E-state index contributed by atoms with van der Waals surface area (Å²) in [5.74, 6) is 0.732. The molecule has 0 aliphatic heterocycles. The molecule has 0 heterocycles. The molecule has 0 spiro atoms. The van der Waals surface area contributed by atoms with Crippen molar-refractivity contribution in [2.24, 2.45) is 5.92 Å². The molecule has 0 amide bonds. The second kappa shape index (κ2) is 7.44. The normalized spacial score (nSPS) is 17.2. The van der Waals surface area contributed by atoms with Gasteiger partial charge in [-0.3, -0.25) is 0 Å². The van der Waals surface area contributed by atoms with Crippen molar-refractivity contribution in [1.29, 1.82) is 0 Å². The van der Waals surface area contributed by atoms with E-state index in [-0.39, 0.29) is 0 Å². The van der Waals surface area contributed by atoms with Crippen LogP contribution in [0.1, 0.15) is 53.4 Å². The maximum absolute atomic E-state index is 6.03. The van der Waals surface area contributed by atoms with E-state index >= 15 is 0 Å². The van der Waals surface area contributed by atoms with Crippen LogP contribution in [0.5, 0.6) is 0 Å². The summed E-state index contributed by atoms with van der Waals surface area (Å²) in [6.45, 7) is 8.88. The molecule has 2 atom stereocenters. The molecule has 1 heteroatoms. The highest BCUT2D eigenvalue weighted by molar-refractivity contribution is 6.20. The fourth-order valence-corrected chi connectivity index (χ4v) is 1.35. The molecule has 0 aliphatic rings. The number of hydrogen-bond donors (Lipinski definition) is 0. The summed E-state index contributed by atoms with van der Waals surface area (Å²) in [5.41, 5.74) is 1.52. The Bertz CT molecular complexity index is 149. The van der Waals surface area contributed by atoms with Crippen molar-refractivity contribution >= 4 is 11.6 Å². The molecule has 0 bridgehead atoms. The molecule has 0 fully saturated rings. The van der Waals surface area contributed by atoms with E-state index in [1.807, 2.05) is 0 Å². The summed E-state index contributed by atoms with van der Waals surface area (Å²) >= 11 is 6.03. The van der Waals surface area contributed by atoms with Crippen molar-refractivity contribution < 1.29 is 0 Å². The van der Waals surface area contributed by atoms with Crippen molar-refractivity contribution in [2.75, 3.05) is 0 Å². The third-order valence-electron chi connectivity index (χ3n) is 2.78. The number of allylic oxidation sites excluding steroid dienone is 2. The Labute approximate surface area is 88.4 Å². The Morgan fingerprint density at radius 3 is 2.38 bits per heavy atom. The van der Waals surface area contributed by atoms with Gasteiger partial charge in [0.05, 0.1) is 0 Å². The molecule has 2 unspecified atom stereocenters. The molecule has 0 aliphatic carbocycles. The zero-order chi connectivity index (χ0) is 10.3. The molecular weight excluding hydrogens is 180 g/mol. The molecule has 0 nitrogen and oxygen atoms in total. The van der Waals surface area contributed by atoms with Crippen LogP contribution < -0.4 is 0 Å². The quantitative estimate of drug-likeness (QED) is 0.430. The molecular formula is C12H23Cl. The minimum Gasteiger partial charge on any atom is -0.123 e. The zero-order valence-electron chi connectivity index (χ0n) is 9.44. The van der Waals surface area contributed by atoms with Crippen LogP contribution in [0.25, 0.3) is 0 Å². The molecule has 0 N–H and O–H groups in total. The standard InChI is InChI=1S/C12H23Cl/c1-5-10(3)11(4)8-7-9-12(13)6-2/h8,10,12H,5-7,9H2,1-4H3. The van der Waals surface area contributed by atoms with E-state index in [1.165, 1.54) is 12.0 Å². The van der Waals surface area contributed by atoms with Crippen LogP contribution in [0.3, 0.4) is 0 Å². The average molecular weight is 203 g/mol. The summed E-state index contributed by atoms with van der Waals surface area (Å²) in [4.78, 5) is 0. The Morgan fingerprint density at radius 1 is 1.31 bits per heavy atom. The van der Waals surface area contributed by atoms with Crippen molar-refractivity contribution in [2.45, 2.75) is 58.8 Å². The summed E-state index contributed by atoms with van der Waals surface area (Å²) in [6.07, 6.45) is 6.92. The maximum atomic E-state index is 6.03. The first-order chi connectivity index (χ1) is 6.11. The van der Waals surface area contributed by atoms with Gasteiger partial charge < -0.3 is 0 Å². The molecule has 0 aromatic rings. The maximum Gasteiger partial charge on any atom is 0.0336 e. The van der Waals surface area contributed by atoms with E-state index < -0.39 is 0 Å². The first kappa shape index (κ1) is 13.0. The lowest BCUT2D eigenvalue weighted by molar-refractivity contribution is 0.646. The van der Waals surface area contributed by atoms with Gasteiger partial charge in [0.25, 0.3) is 0 Å². The van der Waals surface area contributed by atoms with Gasteiger partial charge in [-0.1, -0.05) is 32.4 Å². The minimum absolute atomic E-state index is 0.362. The fraction of sp³-hybridized carbons (Fsp3) is 0.833. The topological polar surface area (TPSA) is 0 Å². The second-order valence-electron chi connectivity index (χ2n) is 3.84. The number of halogens is 1. The highest BCUT2D eigenvalue weighted by Crippen LogP contribution is 2.16. The van der Waals surface area contributed by atoms with E-state index in [1.54, 1.807) is 0 Å². The molecule has 78 valence electrons. The second-order valence-corrected chi connectivity index (χ2v) is 4.46. The molecule has 0 aromatic heterocycles. The van der Waals surface area contributed by atoms with Gasteiger partial charge in [0.1, 0.15) is 0 Å². The molecule has 0 aromatic carbocycles. The summed E-state index contributed by atoms with van der Waals surface area (Å²) in [5, 5.41) is 0.362. The summed E-state index contributed by atoms with van der Waals surface area (Å²) in [7, 11) is 0. The fourth-order valence-electron chi connectivity index (χ4n) is 1.22. The van der Waals surface area contributed by atoms with E-state index in [2.05, 4.69) is 33.8 Å². The van der Waals surface area contributed by atoms with Crippen LogP contribution in [0, 0.1) is 5.92 Å². The predicted molar refractivity (Wildman–Crippen MR) is 62.4 cm³/mol. The number of rotatable bonds is 6. The van der Waals surface area contributed by atoms with Crippen LogP contribution in [0.2, 0.25) is 0 Å². The van der Waals surface area contributed by atoms with Crippen molar-refractivity contribution in [3.63, 3.8) is 0 Å². The SMILES string of the molecule is CCC(Cl)CCC=C(C)C(C)CC. The monoisotopic (exact) mass is 202 g/mol. The molecule has 0 rings (SSSR count). The van der Waals surface area contributed by atoms with Gasteiger partial charge in [-0.15, -0.1) is 11.6 Å². The smallest absolute Gasteiger partial charge is 0.0336 e. The molecule has 13 heavy (non-hydrogen) atoms. The summed E-state index contributed by atoms with van der Waals surface area (Å²) in [6, 6.07) is 0. The Balaban J connectivity index is 3.70. The number of hydrogen-bond acceptors (Lipinski definition) is 0. The lowest BCUT2D eigenvalue weighted by atomic mass is 9.98. The van der Waals surface area contributed by atoms with Gasteiger partial charge in [0.2, 0.25) is 0 Å². The zero-order valence-corrected chi connectivity index (χ0v) is 10.2. The molecule has 0 saturated heterocycles. The Kier molecular flexibility index (Phi) is 7.45. The van der Waals surface area contributed by atoms with Crippen LogP contribution >= 0.6 is 11.6 Å². The van der Waals surface area contributed by atoms with Gasteiger partial charge in [0, 0.05) is 5.38 Å². The van der Waals surface area contributed by atoms with E-state index in [9.17, 15) is 0 Å². The van der Waals surface area contributed by atoms with Gasteiger partial charge in [-0.05, 0) is 38.5 Å². The first-order valence-corrected chi connectivity index (χ1v) is 5.86. The van der Waals surface area contributed by atoms with Gasteiger partial charge in [-0.2, -0.15) is 0 Å². The predicted octanol–water partition coefficient (Wildman–Crippen LogP) is 4.78. The van der Waals surface area contributed by atoms with Crippen LogP contribution in [0.4, 0.5) is 0 Å². The van der Waals surface area contributed by atoms with Crippen molar-refractivity contribution in [1.82, 2.24) is 0 Å². The Morgan fingerprint density at radius 2 is 1.92 bits per heavy atom. The van der Waals surface area contributed by atoms with E-state index in [0.29, 0.717) is 5.38 Å². The lowest BCUT2D eigenvalue weighted by Gasteiger charge is -2.09. The van der Waals surface area contributed by atoms with E-state index in [4.69, 9.17) is 11.6 Å². The van der Waals surface area contributed by atoms with Crippen LogP contribution in [-0.2, 0) is 0 Å². The van der Waals surface area contributed by atoms with Gasteiger partial charge in [0.15, 0.2) is 0 Å². The van der Waals surface area contributed by atoms with Crippen LogP contribution in [-0.4, -0.2) is 5.38 Å². The molecule has 0 radical (unpaired) electrons. The van der Waals surface area contributed by atoms with Gasteiger partial charge >= 0.3 is 0 Å². The average Bonchev–Trinajstić information content (AvgIpc) is 2.15. The van der Waals surface area contributed by atoms with Crippen molar-refractivity contribution in [3.8, 4) is 0 Å². The molecule has 0 saturated carbocycles. The first-order valence-electron chi connectivity index (χ1n) is 5.42. The highest BCUT2D eigenvalue weighted by atomic mass is 35.5. The minimum atomic E-state index is 0.362. The van der Waals surface area contributed by atoms with Crippen LogP contribution in [0.15, 0.2) is 11.6 Å². The largest absolute Gasteiger partial charge is 0.123 e. The van der Waals surface area contributed by atoms with E-state index in [0.717, 1.165) is 25.2 Å². The van der Waals surface area contributed by atoms with Gasteiger partial charge in [-0.25, -0.2) is 0 Å². The third-order valence-corrected chi connectivity index (χ3v) is 3.31. The van der Waals surface area contributed by atoms with Crippen molar-refractivity contribution in [3.05, 3.63) is 11.6 Å². The number of alkyl halides is 1. The highest BCUT2D eigenvalue weighted by Gasteiger charge is 2.02. The summed E-state index contributed by atoms with van der Waals surface area (Å²) < 4.78 is 0.